The van der Waals surface area contributed by atoms with E-state index in [1.54, 1.807) is 17.0 Å². The number of carbonyl (C=O) groups excluding carboxylic acids is 1. The molecule has 0 bridgehead atoms. The van der Waals surface area contributed by atoms with E-state index in [0.717, 1.165) is 12.1 Å². The molecule has 0 N–H and O–H groups in total. The molecule has 0 unspecified atom stereocenters. The van der Waals surface area contributed by atoms with Crippen molar-refractivity contribution in [2.45, 2.75) is 13.0 Å². The smallest absolute Gasteiger partial charge is 0.256 e. The Morgan fingerprint density at radius 3 is 2.84 bits per heavy atom. The number of likely N-dealkylation sites (N-methyl/N-ethyl adjacent to an activating group) is 1. The van der Waals surface area contributed by atoms with Gasteiger partial charge in [0.2, 0.25) is 0 Å². The Bertz CT molecular complexity index is 538. The fourth-order valence-corrected chi connectivity index (χ4v) is 2.54. The van der Waals surface area contributed by atoms with Crippen LogP contribution < -0.4 is 0 Å². The lowest BCUT2D eigenvalue weighted by Crippen LogP contribution is -2.53. The minimum atomic E-state index is -0.413. The highest BCUT2D eigenvalue weighted by Crippen LogP contribution is 2.21. The topological polar surface area (TPSA) is 47.3 Å². The first-order valence-electron chi connectivity index (χ1n) is 6.18. The summed E-state index contributed by atoms with van der Waals surface area (Å²) in [4.78, 5) is 16.1. The average molecular weight is 278 g/mol. The van der Waals surface area contributed by atoms with E-state index in [1.807, 2.05) is 20.0 Å². The largest absolute Gasteiger partial charge is 0.320 e. The van der Waals surface area contributed by atoms with Gasteiger partial charge in [-0.25, -0.2) is 0 Å². The predicted molar refractivity (Wildman–Crippen MR) is 74.1 cm³/mol. The van der Waals surface area contributed by atoms with Gasteiger partial charge in [-0.3, -0.25) is 4.79 Å². The van der Waals surface area contributed by atoms with Crippen molar-refractivity contribution in [1.82, 2.24) is 9.80 Å². The van der Waals surface area contributed by atoms with Crippen LogP contribution in [-0.4, -0.2) is 48.4 Å². The first kappa shape index (κ1) is 13.9. The highest BCUT2D eigenvalue weighted by Gasteiger charge is 2.30. The molecule has 0 saturated carbocycles. The van der Waals surface area contributed by atoms with E-state index < -0.39 is 6.04 Å². The highest BCUT2D eigenvalue weighted by molar-refractivity contribution is 6.33. The van der Waals surface area contributed by atoms with Crippen molar-refractivity contribution < 1.29 is 4.79 Å². The van der Waals surface area contributed by atoms with Gasteiger partial charge < -0.3 is 9.80 Å². The number of piperazine rings is 1. The van der Waals surface area contributed by atoms with Gasteiger partial charge in [-0.05, 0) is 31.7 Å². The lowest BCUT2D eigenvalue weighted by molar-refractivity contribution is 0.0585. The molecule has 2 rings (SSSR count). The van der Waals surface area contributed by atoms with Crippen molar-refractivity contribution in [3.05, 3.63) is 34.3 Å². The van der Waals surface area contributed by atoms with E-state index in [0.29, 0.717) is 23.7 Å². The maximum atomic E-state index is 12.5. The van der Waals surface area contributed by atoms with Gasteiger partial charge in [-0.2, -0.15) is 5.26 Å². The van der Waals surface area contributed by atoms with Gasteiger partial charge in [0, 0.05) is 19.6 Å². The Balaban J connectivity index is 2.26. The number of carbonyl (C=O) groups is 1. The molecule has 1 aromatic carbocycles. The van der Waals surface area contributed by atoms with Crippen molar-refractivity contribution in [1.29, 1.82) is 5.26 Å². The van der Waals surface area contributed by atoms with E-state index in [-0.39, 0.29) is 5.91 Å². The molecule has 19 heavy (non-hydrogen) atoms. The van der Waals surface area contributed by atoms with E-state index in [4.69, 9.17) is 11.6 Å². The number of benzene rings is 1. The van der Waals surface area contributed by atoms with Gasteiger partial charge in [-0.1, -0.05) is 17.7 Å². The molecular weight excluding hydrogens is 262 g/mol. The molecular formula is C14H16ClN3O. The number of nitriles is 1. The normalized spacial score (nSPS) is 20.1. The Kier molecular flexibility index (Phi) is 4.08. The number of rotatable bonds is 1. The summed E-state index contributed by atoms with van der Waals surface area (Å²) in [5, 5.41) is 9.63. The molecule has 1 aliphatic heterocycles. The molecule has 0 aliphatic carbocycles. The Hall–Kier alpha value is -1.57. The maximum Gasteiger partial charge on any atom is 0.256 e. The molecule has 1 fully saturated rings. The lowest BCUT2D eigenvalue weighted by atomic mass is 10.1. The first-order valence-corrected chi connectivity index (χ1v) is 6.56. The van der Waals surface area contributed by atoms with Crippen LogP contribution >= 0.6 is 11.6 Å². The fraction of sp³-hybridized carbons (Fsp3) is 0.429. The summed E-state index contributed by atoms with van der Waals surface area (Å²) in [6.45, 7) is 3.82. The number of hydrogen-bond acceptors (Lipinski definition) is 3. The first-order chi connectivity index (χ1) is 9.02. The lowest BCUT2D eigenvalue weighted by Gasteiger charge is -2.36. The van der Waals surface area contributed by atoms with Gasteiger partial charge >= 0.3 is 0 Å². The van der Waals surface area contributed by atoms with Crippen molar-refractivity contribution in [2.75, 3.05) is 26.7 Å². The molecule has 100 valence electrons. The second kappa shape index (κ2) is 5.60. The van der Waals surface area contributed by atoms with Crippen LogP contribution in [0.1, 0.15) is 15.9 Å². The third kappa shape index (κ3) is 2.89. The molecule has 1 heterocycles. The van der Waals surface area contributed by atoms with Crippen LogP contribution in [0.2, 0.25) is 5.02 Å². The van der Waals surface area contributed by atoms with E-state index in [2.05, 4.69) is 11.0 Å². The molecule has 4 nitrogen and oxygen atoms in total. The third-order valence-electron chi connectivity index (χ3n) is 3.35. The highest BCUT2D eigenvalue weighted by atomic mass is 35.5. The van der Waals surface area contributed by atoms with Crippen molar-refractivity contribution >= 4 is 17.5 Å². The molecule has 1 aromatic rings. The summed E-state index contributed by atoms with van der Waals surface area (Å²) in [7, 11) is 1.95. The maximum absolute atomic E-state index is 12.5. The second-order valence-corrected chi connectivity index (χ2v) is 5.30. The van der Waals surface area contributed by atoms with Crippen LogP contribution in [0.4, 0.5) is 0 Å². The Morgan fingerprint density at radius 2 is 2.21 bits per heavy atom. The zero-order valence-corrected chi connectivity index (χ0v) is 11.8. The zero-order chi connectivity index (χ0) is 14.0. The second-order valence-electron chi connectivity index (χ2n) is 4.89. The predicted octanol–water partition coefficient (Wildman–Crippen LogP) is 1.93. The molecule has 0 spiro atoms. The van der Waals surface area contributed by atoms with Gasteiger partial charge in [-0.15, -0.1) is 0 Å². The Morgan fingerprint density at radius 1 is 1.47 bits per heavy atom. The van der Waals surface area contributed by atoms with Gasteiger partial charge in [0.05, 0.1) is 16.7 Å². The molecule has 1 atom stereocenters. The van der Waals surface area contributed by atoms with E-state index in [1.165, 1.54) is 0 Å². The molecule has 0 radical (unpaired) electrons. The van der Waals surface area contributed by atoms with Crippen molar-refractivity contribution in [2.24, 2.45) is 0 Å². The van der Waals surface area contributed by atoms with Crippen molar-refractivity contribution in [3.63, 3.8) is 0 Å². The molecule has 1 aliphatic rings. The quantitative estimate of drug-likeness (QED) is 0.788. The van der Waals surface area contributed by atoms with Crippen LogP contribution in [0.15, 0.2) is 18.2 Å². The molecule has 1 amide bonds. The minimum Gasteiger partial charge on any atom is -0.320 e. The average Bonchev–Trinajstić information content (AvgIpc) is 2.37. The summed E-state index contributed by atoms with van der Waals surface area (Å²) in [6.07, 6.45) is 0. The third-order valence-corrected chi connectivity index (χ3v) is 3.66. The van der Waals surface area contributed by atoms with E-state index in [9.17, 15) is 10.1 Å². The van der Waals surface area contributed by atoms with Crippen LogP contribution in [0.25, 0.3) is 0 Å². The Labute approximate surface area is 118 Å². The summed E-state index contributed by atoms with van der Waals surface area (Å²) in [5.41, 5.74) is 1.48. The van der Waals surface area contributed by atoms with Gasteiger partial charge in [0.25, 0.3) is 5.91 Å². The fourth-order valence-electron chi connectivity index (χ4n) is 2.22. The standard InChI is InChI=1S/C14H16ClN3O/c1-10-3-4-12(13(15)7-10)14(19)18-6-5-17(2)9-11(18)8-16/h3-4,7,11H,5-6,9H2,1-2H3/t11-/m0/s1. The number of nitrogens with zero attached hydrogens (tertiary/aromatic N) is 3. The molecule has 1 saturated heterocycles. The molecule has 0 aromatic heterocycles. The summed E-state index contributed by atoms with van der Waals surface area (Å²) in [5.74, 6) is -0.162. The van der Waals surface area contributed by atoms with Crippen LogP contribution in [0.5, 0.6) is 0 Å². The monoisotopic (exact) mass is 277 g/mol. The number of halogens is 1. The number of amides is 1. The molecule has 5 heteroatoms. The number of aryl methyl sites for hydroxylation is 1. The number of hydrogen-bond donors (Lipinski definition) is 0. The van der Waals surface area contributed by atoms with Crippen molar-refractivity contribution in [3.8, 4) is 6.07 Å². The summed E-state index contributed by atoms with van der Waals surface area (Å²) < 4.78 is 0. The zero-order valence-electron chi connectivity index (χ0n) is 11.1. The summed E-state index contributed by atoms with van der Waals surface area (Å²) >= 11 is 6.12. The van der Waals surface area contributed by atoms with Gasteiger partial charge in [0.1, 0.15) is 6.04 Å². The van der Waals surface area contributed by atoms with Gasteiger partial charge in [0.15, 0.2) is 0 Å². The minimum absolute atomic E-state index is 0.162. The van der Waals surface area contributed by atoms with Crippen LogP contribution in [-0.2, 0) is 0 Å². The van der Waals surface area contributed by atoms with Crippen LogP contribution in [0.3, 0.4) is 0 Å². The SMILES string of the molecule is Cc1ccc(C(=O)N2CCN(C)C[C@@H]2C#N)c(Cl)c1. The van der Waals surface area contributed by atoms with Crippen LogP contribution in [0, 0.1) is 18.3 Å². The van der Waals surface area contributed by atoms with E-state index >= 15 is 0 Å². The summed E-state index contributed by atoms with van der Waals surface area (Å²) in [6, 6.07) is 7.13.